The van der Waals surface area contributed by atoms with Crippen LogP contribution in [0.1, 0.15) is 22.8 Å². The van der Waals surface area contributed by atoms with Crippen molar-refractivity contribution < 1.29 is 9.21 Å². The molecule has 118 valence electrons. The minimum absolute atomic E-state index is 0.227. The molecular formula is C16H22N4O2. The number of nitrogens with zero attached hydrogens (tertiary/aromatic N) is 2. The highest BCUT2D eigenvalue weighted by Gasteiger charge is 2.07. The molecule has 0 unspecified atom stereocenters. The summed E-state index contributed by atoms with van der Waals surface area (Å²) in [7, 11) is 3.86. The van der Waals surface area contributed by atoms with Crippen LogP contribution in [0.5, 0.6) is 0 Å². The van der Waals surface area contributed by atoms with E-state index in [9.17, 15) is 4.79 Å². The molecule has 0 bridgehead atoms. The molecule has 22 heavy (non-hydrogen) atoms. The van der Waals surface area contributed by atoms with Crippen molar-refractivity contribution in [3.05, 3.63) is 47.0 Å². The number of pyridine rings is 1. The second-order valence-electron chi connectivity index (χ2n) is 5.36. The quantitative estimate of drug-likeness (QED) is 0.889. The second kappa shape index (κ2) is 6.98. The predicted octanol–water partition coefficient (Wildman–Crippen LogP) is 2.36. The van der Waals surface area contributed by atoms with Gasteiger partial charge in [-0.15, -0.1) is 0 Å². The lowest BCUT2D eigenvalue weighted by Crippen LogP contribution is -2.34. The highest BCUT2D eigenvalue weighted by Crippen LogP contribution is 2.13. The van der Waals surface area contributed by atoms with Gasteiger partial charge in [0.1, 0.15) is 17.3 Å². The molecule has 2 aromatic rings. The Kier molecular flexibility index (Phi) is 5.04. The molecule has 0 saturated carbocycles. The van der Waals surface area contributed by atoms with Crippen LogP contribution in [0.25, 0.3) is 0 Å². The number of carbonyl (C=O) groups is 1. The number of anilines is 1. The van der Waals surface area contributed by atoms with Gasteiger partial charge in [0.15, 0.2) is 0 Å². The normalized spacial score (nSPS) is 10.4. The van der Waals surface area contributed by atoms with Crippen molar-refractivity contribution >= 4 is 11.8 Å². The second-order valence-corrected chi connectivity index (χ2v) is 5.36. The van der Waals surface area contributed by atoms with Crippen molar-refractivity contribution in [1.82, 2.24) is 15.6 Å². The molecule has 6 heteroatoms. The van der Waals surface area contributed by atoms with Crippen molar-refractivity contribution in [3.63, 3.8) is 0 Å². The van der Waals surface area contributed by atoms with E-state index >= 15 is 0 Å². The summed E-state index contributed by atoms with van der Waals surface area (Å²) < 4.78 is 5.43. The summed E-state index contributed by atoms with van der Waals surface area (Å²) in [4.78, 5) is 18.2. The van der Waals surface area contributed by atoms with E-state index in [-0.39, 0.29) is 6.03 Å². The van der Waals surface area contributed by atoms with E-state index < -0.39 is 0 Å². The number of aromatic nitrogens is 1. The van der Waals surface area contributed by atoms with Gasteiger partial charge in [-0.3, -0.25) is 0 Å². The Morgan fingerprint density at radius 2 is 1.95 bits per heavy atom. The largest absolute Gasteiger partial charge is 0.466 e. The number of hydrogen-bond acceptors (Lipinski definition) is 4. The maximum absolute atomic E-state index is 11.8. The highest BCUT2D eigenvalue weighted by molar-refractivity contribution is 5.73. The number of nitrogens with one attached hydrogen (secondary N) is 2. The third kappa shape index (κ3) is 4.25. The average molecular weight is 302 g/mol. The summed E-state index contributed by atoms with van der Waals surface area (Å²) in [5, 5.41) is 5.61. The first kappa shape index (κ1) is 15.9. The lowest BCUT2D eigenvalue weighted by atomic mass is 10.2. The minimum Gasteiger partial charge on any atom is -0.466 e. The molecule has 2 N–H and O–H groups in total. The van der Waals surface area contributed by atoms with E-state index in [1.165, 1.54) is 0 Å². The van der Waals surface area contributed by atoms with Gasteiger partial charge in [-0.05, 0) is 32.0 Å². The molecule has 2 heterocycles. The maximum Gasteiger partial charge on any atom is 0.315 e. The van der Waals surface area contributed by atoms with Gasteiger partial charge in [-0.2, -0.15) is 0 Å². The van der Waals surface area contributed by atoms with Crippen molar-refractivity contribution in [3.8, 4) is 0 Å². The van der Waals surface area contributed by atoms with Crippen molar-refractivity contribution in [2.75, 3.05) is 19.0 Å². The van der Waals surface area contributed by atoms with Crippen LogP contribution in [-0.4, -0.2) is 25.1 Å². The Bertz CT molecular complexity index is 649. The Morgan fingerprint density at radius 1 is 1.23 bits per heavy atom. The molecule has 0 aliphatic carbocycles. The number of urea groups is 1. The van der Waals surface area contributed by atoms with Crippen LogP contribution in [0, 0.1) is 13.8 Å². The highest BCUT2D eigenvalue weighted by atomic mass is 16.3. The van der Waals surface area contributed by atoms with E-state index in [0.717, 1.165) is 28.6 Å². The van der Waals surface area contributed by atoms with Crippen LogP contribution < -0.4 is 15.5 Å². The Morgan fingerprint density at radius 3 is 2.59 bits per heavy atom. The predicted molar refractivity (Wildman–Crippen MR) is 85.8 cm³/mol. The fourth-order valence-electron chi connectivity index (χ4n) is 2.08. The molecule has 0 saturated heterocycles. The summed E-state index contributed by atoms with van der Waals surface area (Å²) in [6.45, 7) is 4.61. The summed E-state index contributed by atoms with van der Waals surface area (Å²) in [5.41, 5.74) is 1.80. The topological polar surface area (TPSA) is 70.4 Å². The number of aryl methyl sites for hydroxylation is 2. The number of furan rings is 1. The van der Waals surface area contributed by atoms with Crippen molar-refractivity contribution in [1.29, 1.82) is 0 Å². The lowest BCUT2D eigenvalue weighted by molar-refractivity contribution is 0.240. The molecule has 0 aliphatic heterocycles. The average Bonchev–Trinajstić information content (AvgIpc) is 2.81. The van der Waals surface area contributed by atoms with Gasteiger partial charge in [-0.1, -0.05) is 6.07 Å². The van der Waals surface area contributed by atoms with E-state index in [1.807, 2.05) is 57.1 Å². The molecule has 0 fully saturated rings. The van der Waals surface area contributed by atoms with Crippen LogP contribution in [-0.2, 0) is 13.1 Å². The Hall–Kier alpha value is -2.50. The maximum atomic E-state index is 11.8. The Balaban J connectivity index is 1.83. The third-order valence-corrected chi connectivity index (χ3v) is 3.26. The van der Waals surface area contributed by atoms with Crippen LogP contribution >= 0.6 is 0 Å². The summed E-state index contributed by atoms with van der Waals surface area (Å²) in [6, 6.07) is 7.44. The van der Waals surface area contributed by atoms with Gasteiger partial charge in [0.25, 0.3) is 0 Å². The first-order chi connectivity index (χ1) is 10.5. The number of rotatable bonds is 5. The molecule has 2 rings (SSSR count). The third-order valence-electron chi connectivity index (χ3n) is 3.26. The first-order valence-corrected chi connectivity index (χ1v) is 7.16. The molecule has 6 nitrogen and oxygen atoms in total. The SMILES string of the molecule is Cc1cc(CNC(=O)NCc2cccc(N(C)C)n2)c(C)o1. The van der Waals surface area contributed by atoms with Gasteiger partial charge in [-0.25, -0.2) is 9.78 Å². The summed E-state index contributed by atoms with van der Waals surface area (Å²) in [5.74, 6) is 2.54. The van der Waals surface area contributed by atoms with Gasteiger partial charge in [0.2, 0.25) is 0 Å². The Labute approximate surface area is 130 Å². The molecular weight excluding hydrogens is 280 g/mol. The van der Waals surface area contributed by atoms with E-state index in [1.54, 1.807) is 0 Å². The zero-order valence-electron chi connectivity index (χ0n) is 13.4. The molecule has 0 spiro atoms. The molecule has 0 aliphatic rings. The lowest BCUT2D eigenvalue weighted by Gasteiger charge is -2.12. The standard InChI is InChI=1S/C16H22N4O2/c1-11-8-13(12(2)22-11)9-17-16(21)18-10-14-6-5-7-15(19-14)20(3)4/h5-8H,9-10H2,1-4H3,(H2,17,18,21). The van der Waals surface area contributed by atoms with Gasteiger partial charge in [0, 0.05) is 26.2 Å². The molecule has 2 amide bonds. The fourth-order valence-corrected chi connectivity index (χ4v) is 2.08. The van der Waals surface area contributed by atoms with Crippen molar-refractivity contribution in [2.24, 2.45) is 0 Å². The first-order valence-electron chi connectivity index (χ1n) is 7.16. The fraction of sp³-hybridized carbons (Fsp3) is 0.375. The molecule has 0 aromatic carbocycles. The van der Waals surface area contributed by atoms with Gasteiger partial charge >= 0.3 is 6.03 Å². The van der Waals surface area contributed by atoms with Crippen LogP contribution in [0.4, 0.5) is 10.6 Å². The smallest absolute Gasteiger partial charge is 0.315 e. The zero-order valence-corrected chi connectivity index (χ0v) is 13.4. The number of amides is 2. The minimum atomic E-state index is -0.227. The molecule has 2 aromatic heterocycles. The number of hydrogen-bond donors (Lipinski definition) is 2. The summed E-state index contributed by atoms with van der Waals surface area (Å²) in [6.07, 6.45) is 0. The van der Waals surface area contributed by atoms with E-state index in [2.05, 4.69) is 15.6 Å². The molecule has 0 atom stereocenters. The van der Waals surface area contributed by atoms with E-state index in [0.29, 0.717) is 13.1 Å². The van der Waals surface area contributed by atoms with Crippen molar-refractivity contribution in [2.45, 2.75) is 26.9 Å². The number of carbonyl (C=O) groups excluding carboxylic acids is 1. The zero-order chi connectivity index (χ0) is 16.1. The van der Waals surface area contributed by atoms with Crippen LogP contribution in [0.3, 0.4) is 0 Å². The monoisotopic (exact) mass is 302 g/mol. The van der Waals surface area contributed by atoms with Crippen LogP contribution in [0.15, 0.2) is 28.7 Å². The van der Waals surface area contributed by atoms with Crippen LogP contribution in [0.2, 0.25) is 0 Å². The summed E-state index contributed by atoms with van der Waals surface area (Å²) >= 11 is 0. The molecule has 0 radical (unpaired) electrons. The van der Waals surface area contributed by atoms with Gasteiger partial charge < -0.3 is 20.0 Å². The van der Waals surface area contributed by atoms with E-state index in [4.69, 9.17) is 4.42 Å². The van der Waals surface area contributed by atoms with Gasteiger partial charge in [0.05, 0.1) is 12.2 Å².